The Bertz CT molecular complexity index is 383. The third-order valence-electron chi connectivity index (χ3n) is 4.22. The van der Waals surface area contributed by atoms with Gasteiger partial charge in [0, 0.05) is 13.0 Å². The molecule has 0 radical (unpaired) electrons. The predicted molar refractivity (Wildman–Crippen MR) is 68.6 cm³/mol. The molecule has 3 atom stereocenters. The summed E-state index contributed by atoms with van der Waals surface area (Å²) in [6.45, 7) is 4.92. The van der Waals surface area contributed by atoms with Gasteiger partial charge in [0.2, 0.25) is 5.91 Å². The summed E-state index contributed by atoms with van der Waals surface area (Å²) in [4.78, 5) is 25.1. The average Bonchev–Trinajstić information content (AvgIpc) is 2.70. The lowest BCUT2D eigenvalue weighted by Gasteiger charge is -2.40. The molecule has 0 bridgehead atoms. The first kappa shape index (κ1) is 14.3. The first-order valence-electron chi connectivity index (χ1n) is 6.77. The molecule has 2 aliphatic heterocycles. The van der Waals surface area contributed by atoms with Crippen LogP contribution in [0.3, 0.4) is 0 Å². The molecule has 2 fully saturated rings. The molecule has 19 heavy (non-hydrogen) atoms. The number of carboxylic acids is 1. The van der Waals surface area contributed by atoms with Crippen molar-refractivity contribution in [1.29, 1.82) is 0 Å². The predicted octanol–water partition coefficient (Wildman–Crippen LogP) is -0.189. The van der Waals surface area contributed by atoms with Gasteiger partial charge in [-0.3, -0.25) is 4.79 Å². The van der Waals surface area contributed by atoms with E-state index in [0.717, 1.165) is 19.4 Å². The fourth-order valence-corrected chi connectivity index (χ4v) is 3.09. The number of hydrogen-bond acceptors (Lipinski definition) is 4. The number of carboxylic acid groups (broad SMARTS) is 1. The molecular formula is C13H22N2O4. The van der Waals surface area contributed by atoms with Gasteiger partial charge in [-0.1, -0.05) is 13.8 Å². The highest BCUT2D eigenvalue weighted by atomic mass is 16.4. The van der Waals surface area contributed by atoms with E-state index in [0.29, 0.717) is 0 Å². The van der Waals surface area contributed by atoms with Crippen molar-refractivity contribution in [2.45, 2.75) is 51.3 Å². The number of carbonyl (C=O) groups is 2. The van der Waals surface area contributed by atoms with Crippen molar-refractivity contribution in [2.24, 2.45) is 5.41 Å². The van der Waals surface area contributed by atoms with Crippen LogP contribution in [0.15, 0.2) is 0 Å². The Morgan fingerprint density at radius 2 is 2.05 bits per heavy atom. The van der Waals surface area contributed by atoms with Crippen LogP contribution in [0.1, 0.15) is 33.1 Å². The summed E-state index contributed by atoms with van der Waals surface area (Å²) in [5.41, 5.74) is -0.189. The molecule has 2 rings (SSSR count). The molecule has 0 aromatic carbocycles. The Labute approximate surface area is 112 Å². The molecule has 6 nitrogen and oxygen atoms in total. The highest BCUT2D eigenvalue weighted by Gasteiger charge is 2.45. The number of β-amino-alcohol motifs (C(OH)–C–C–N with tert-alkyl or cyclic N) is 1. The molecule has 108 valence electrons. The number of aliphatic carboxylic acids is 1. The molecule has 0 saturated carbocycles. The van der Waals surface area contributed by atoms with Crippen LogP contribution in [0.4, 0.5) is 0 Å². The van der Waals surface area contributed by atoms with E-state index in [4.69, 9.17) is 5.11 Å². The first-order chi connectivity index (χ1) is 8.83. The molecule has 1 unspecified atom stereocenters. The van der Waals surface area contributed by atoms with E-state index >= 15 is 0 Å². The first-order valence-corrected chi connectivity index (χ1v) is 6.77. The van der Waals surface area contributed by atoms with Crippen LogP contribution in [-0.2, 0) is 9.59 Å². The van der Waals surface area contributed by atoms with Crippen LogP contribution in [0.25, 0.3) is 0 Å². The second-order valence-electron chi connectivity index (χ2n) is 6.21. The minimum Gasteiger partial charge on any atom is -0.480 e. The van der Waals surface area contributed by atoms with Gasteiger partial charge in [0.15, 0.2) is 0 Å². The maximum atomic E-state index is 12.6. The second-order valence-corrected chi connectivity index (χ2v) is 6.21. The summed E-state index contributed by atoms with van der Waals surface area (Å²) in [5, 5.41) is 22.0. The molecule has 0 aliphatic carbocycles. The second kappa shape index (κ2) is 5.09. The molecule has 0 spiro atoms. The Morgan fingerprint density at radius 3 is 2.63 bits per heavy atom. The van der Waals surface area contributed by atoms with Gasteiger partial charge < -0.3 is 20.4 Å². The fourth-order valence-electron chi connectivity index (χ4n) is 3.09. The third-order valence-corrected chi connectivity index (χ3v) is 4.22. The van der Waals surface area contributed by atoms with Gasteiger partial charge in [0.1, 0.15) is 6.04 Å². The minimum atomic E-state index is -1.04. The lowest BCUT2D eigenvalue weighted by molar-refractivity contribution is -0.150. The van der Waals surface area contributed by atoms with E-state index in [1.54, 1.807) is 0 Å². The molecule has 0 aromatic heterocycles. The summed E-state index contributed by atoms with van der Waals surface area (Å²) < 4.78 is 0. The van der Waals surface area contributed by atoms with E-state index in [-0.39, 0.29) is 30.3 Å². The van der Waals surface area contributed by atoms with Crippen LogP contribution in [0.5, 0.6) is 0 Å². The van der Waals surface area contributed by atoms with Crippen molar-refractivity contribution in [3.63, 3.8) is 0 Å². The summed E-state index contributed by atoms with van der Waals surface area (Å²) in [7, 11) is 0. The topological polar surface area (TPSA) is 89.9 Å². The number of amides is 1. The highest BCUT2D eigenvalue weighted by Crippen LogP contribution is 2.32. The zero-order chi connectivity index (χ0) is 14.2. The van der Waals surface area contributed by atoms with E-state index in [1.165, 1.54) is 4.90 Å². The van der Waals surface area contributed by atoms with E-state index in [2.05, 4.69) is 5.32 Å². The number of rotatable bonds is 2. The Morgan fingerprint density at radius 1 is 1.37 bits per heavy atom. The molecule has 1 amide bonds. The van der Waals surface area contributed by atoms with Crippen LogP contribution < -0.4 is 5.32 Å². The number of aliphatic hydroxyl groups excluding tert-OH is 1. The normalized spacial score (nSPS) is 34.3. The van der Waals surface area contributed by atoms with Crippen LogP contribution in [0, 0.1) is 5.41 Å². The monoisotopic (exact) mass is 270 g/mol. The van der Waals surface area contributed by atoms with Crippen LogP contribution in [0.2, 0.25) is 0 Å². The van der Waals surface area contributed by atoms with Gasteiger partial charge in [-0.05, 0) is 24.8 Å². The minimum absolute atomic E-state index is 0.115. The number of nitrogens with one attached hydrogen (secondary N) is 1. The zero-order valence-corrected chi connectivity index (χ0v) is 11.4. The van der Waals surface area contributed by atoms with Gasteiger partial charge in [-0.25, -0.2) is 4.79 Å². The highest BCUT2D eigenvalue weighted by molar-refractivity contribution is 5.88. The summed E-state index contributed by atoms with van der Waals surface area (Å²) in [6.07, 6.45) is 1.33. The average molecular weight is 270 g/mol. The van der Waals surface area contributed by atoms with E-state index in [1.807, 2.05) is 13.8 Å². The lowest BCUT2D eigenvalue weighted by Crippen LogP contribution is -2.58. The smallest absolute Gasteiger partial charge is 0.326 e. The third kappa shape index (κ3) is 2.74. The number of nitrogens with zero attached hydrogens (tertiary/aromatic N) is 1. The van der Waals surface area contributed by atoms with Crippen molar-refractivity contribution in [1.82, 2.24) is 10.2 Å². The maximum Gasteiger partial charge on any atom is 0.326 e. The Hall–Kier alpha value is -1.14. The largest absolute Gasteiger partial charge is 0.480 e. The molecule has 2 heterocycles. The lowest BCUT2D eigenvalue weighted by atomic mass is 9.77. The molecular weight excluding hydrogens is 248 g/mol. The molecule has 3 N–H and O–H groups in total. The summed E-state index contributed by atoms with van der Waals surface area (Å²) in [6, 6.07) is -1.27. The molecule has 6 heteroatoms. The zero-order valence-electron chi connectivity index (χ0n) is 11.4. The summed E-state index contributed by atoms with van der Waals surface area (Å²) in [5.74, 6) is -1.24. The van der Waals surface area contributed by atoms with Gasteiger partial charge in [0.05, 0.1) is 12.1 Å². The number of hydrogen-bond donors (Lipinski definition) is 3. The standard InChI is InChI=1S/C13H22N2O4/c1-13(2)4-3-5-14-10(13)11(17)15-7-8(16)6-9(15)12(18)19/h8-10,14,16H,3-7H2,1-2H3,(H,18,19)/t8-,9-,10?/m1/s1. The SMILES string of the molecule is CC1(C)CCCNC1C(=O)N1C[C@H](O)C[C@@H]1C(=O)O. The number of aliphatic hydroxyl groups is 1. The maximum absolute atomic E-state index is 12.6. The van der Waals surface area contributed by atoms with E-state index < -0.39 is 18.1 Å². The van der Waals surface area contributed by atoms with Crippen molar-refractivity contribution >= 4 is 11.9 Å². The quantitative estimate of drug-likeness (QED) is 0.647. The molecule has 2 aliphatic rings. The Balaban J connectivity index is 2.16. The molecule has 2 saturated heterocycles. The Kier molecular flexibility index (Phi) is 3.82. The van der Waals surface area contributed by atoms with Crippen molar-refractivity contribution < 1.29 is 19.8 Å². The van der Waals surface area contributed by atoms with Crippen molar-refractivity contribution in [2.75, 3.05) is 13.1 Å². The van der Waals surface area contributed by atoms with Gasteiger partial charge in [-0.2, -0.15) is 0 Å². The molecule has 0 aromatic rings. The van der Waals surface area contributed by atoms with Crippen LogP contribution in [-0.4, -0.2) is 58.3 Å². The van der Waals surface area contributed by atoms with Gasteiger partial charge in [-0.15, -0.1) is 0 Å². The van der Waals surface area contributed by atoms with E-state index in [9.17, 15) is 14.7 Å². The number of piperidine rings is 1. The van der Waals surface area contributed by atoms with Crippen molar-refractivity contribution in [3.8, 4) is 0 Å². The summed E-state index contributed by atoms with van der Waals surface area (Å²) >= 11 is 0. The number of likely N-dealkylation sites (tertiary alicyclic amines) is 1. The van der Waals surface area contributed by atoms with Gasteiger partial charge >= 0.3 is 5.97 Å². The van der Waals surface area contributed by atoms with Gasteiger partial charge in [0.25, 0.3) is 0 Å². The number of carbonyl (C=O) groups excluding carboxylic acids is 1. The van der Waals surface area contributed by atoms with Crippen molar-refractivity contribution in [3.05, 3.63) is 0 Å². The van der Waals surface area contributed by atoms with Crippen LogP contribution >= 0.6 is 0 Å². The fraction of sp³-hybridized carbons (Fsp3) is 0.846.